The fourth-order valence-electron chi connectivity index (χ4n) is 5.32. The van der Waals surface area contributed by atoms with Gasteiger partial charge in [-0.2, -0.15) is 13.2 Å². The van der Waals surface area contributed by atoms with Crippen molar-refractivity contribution >= 4 is 11.9 Å². The van der Waals surface area contributed by atoms with Crippen LogP contribution in [0, 0.1) is 23.2 Å². The zero-order chi connectivity index (χ0) is 16.1. The van der Waals surface area contributed by atoms with E-state index in [-0.39, 0.29) is 0 Å². The Balaban J connectivity index is 1.86. The van der Waals surface area contributed by atoms with E-state index in [1.54, 1.807) is 0 Å². The Labute approximate surface area is 126 Å². The van der Waals surface area contributed by atoms with Crippen LogP contribution >= 0.6 is 0 Å². The first-order chi connectivity index (χ1) is 10.2. The molecular weight excluding hydrogens is 299 g/mol. The summed E-state index contributed by atoms with van der Waals surface area (Å²) in [6.07, 6.45) is 0.417. The summed E-state index contributed by atoms with van der Waals surface area (Å²) in [5.74, 6) is -1.44. The van der Waals surface area contributed by atoms with Gasteiger partial charge in [0.2, 0.25) is 0 Å². The van der Waals surface area contributed by atoms with Crippen molar-refractivity contribution in [3.8, 4) is 0 Å². The molecule has 22 heavy (non-hydrogen) atoms. The average molecular weight is 319 g/mol. The first kappa shape index (κ1) is 15.6. The predicted molar refractivity (Wildman–Crippen MR) is 70.6 cm³/mol. The minimum absolute atomic E-state index is 0.459. The quantitative estimate of drug-likeness (QED) is 0.813. The van der Waals surface area contributed by atoms with Crippen LogP contribution in [0.1, 0.15) is 38.5 Å². The largest absolute Gasteiger partial charge is 0.471 e. The van der Waals surface area contributed by atoms with Gasteiger partial charge < -0.3 is 10.1 Å². The lowest BCUT2D eigenvalue weighted by atomic mass is 9.47. The van der Waals surface area contributed by atoms with Crippen LogP contribution in [0.3, 0.4) is 0 Å². The normalized spacial score (nSPS) is 37.7. The number of esters is 1. The third-order valence-electron chi connectivity index (χ3n) is 5.67. The van der Waals surface area contributed by atoms with E-state index in [4.69, 9.17) is 4.74 Å². The van der Waals surface area contributed by atoms with Gasteiger partial charge in [-0.3, -0.25) is 4.79 Å². The average Bonchev–Trinajstić information content (AvgIpc) is 2.40. The van der Waals surface area contributed by atoms with Crippen molar-refractivity contribution in [2.24, 2.45) is 23.2 Å². The van der Waals surface area contributed by atoms with Crippen molar-refractivity contribution in [3.05, 3.63) is 0 Å². The highest BCUT2D eigenvalue weighted by Gasteiger charge is 2.57. The number of rotatable bonds is 3. The number of hydrogen-bond donors (Lipinski definition) is 1. The molecule has 4 aliphatic rings. The van der Waals surface area contributed by atoms with Crippen molar-refractivity contribution in [2.45, 2.75) is 50.7 Å². The third-order valence-corrected chi connectivity index (χ3v) is 5.67. The van der Waals surface area contributed by atoms with Gasteiger partial charge in [0, 0.05) is 5.41 Å². The summed E-state index contributed by atoms with van der Waals surface area (Å²) in [5, 5.41) is 1.93. The summed E-state index contributed by atoms with van der Waals surface area (Å²) in [6, 6.07) is -1.19. The summed E-state index contributed by atoms with van der Waals surface area (Å²) in [7, 11) is 1.15. The molecule has 4 nitrogen and oxygen atoms in total. The number of methoxy groups -OCH3 is 1. The SMILES string of the molecule is COC(=O)[C@H](NC(=O)C(F)(F)F)C12CC3CC(CC(C3)C1)C2. The van der Waals surface area contributed by atoms with Crippen molar-refractivity contribution < 1.29 is 27.5 Å². The summed E-state index contributed by atoms with van der Waals surface area (Å²) in [4.78, 5) is 23.4. The molecule has 0 radical (unpaired) electrons. The van der Waals surface area contributed by atoms with Crippen LogP contribution in [-0.2, 0) is 14.3 Å². The second kappa shape index (κ2) is 5.13. The lowest BCUT2D eigenvalue weighted by Gasteiger charge is -2.58. The van der Waals surface area contributed by atoms with E-state index in [0.717, 1.165) is 26.4 Å². The Morgan fingerprint density at radius 3 is 1.91 bits per heavy atom. The fourth-order valence-corrected chi connectivity index (χ4v) is 5.32. The summed E-state index contributed by atoms with van der Waals surface area (Å²) >= 11 is 0. The minimum atomic E-state index is -4.99. The monoisotopic (exact) mass is 319 g/mol. The molecule has 0 heterocycles. The topological polar surface area (TPSA) is 55.4 Å². The van der Waals surface area contributed by atoms with Gasteiger partial charge in [-0.15, -0.1) is 0 Å². The standard InChI is InChI=1S/C15H20F3NO3/c1-22-12(20)11(19-13(21)15(16,17)18)14-5-8-2-9(6-14)4-10(3-8)7-14/h8-11H,2-7H2,1H3,(H,19,21)/t8?,9?,10?,11-,14?/m0/s1. The van der Waals surface area contributed by atoms with E-state index in [1.165, 1.54) is 0 Å². The molecule has 1 amide bonds. The molecule has 4 bridgehead atoms. The van der Waals surface area contributed by atoms with Gasteiger partial charge in [-0.25, -0.2) is 4.79 Å². The molecule has 1 N–H and O–H groups in total. The number of carbonyl (C=O) groups excluding carboxylic acids is 2. The van der Waals surface area contributed by atoms with Crippen molar-refractivity contribution in [1.82, 2.24) is 5.32 Å². The molecule has 0 unspecified atom stereocenters. The van der Waals surface area contributed by atoms with E-state index in [1.807, 2.05) is 5.32 Å². The molecule has 0 aromatic carbocycles. The number of nitrogens with one attached hydrogen (secondary N) is 1. The van der Waals surface area contributed by atoms with Crippen LogP contribution in [-0.4, -0.2) is 31.2 Å². The number of alkyl halides is 3. The second-order valence-corrected chi connectivity index (χ2v) is 7.21. The highest BCUT2D eigenvalue weighted by atomic mass is 19.4. The predicted octanol–water partition coefficient (Wildman–Crippen LogP) is 2.42. The van der Waals surface area contributed by atoms with Crippen LogP contribution in [0.5, 0.6) is 0 Å². The van der Waals surface area contributed by atoms with Crippen molar-refractivity contribution in [2.75, 3.05) is 7.11 Å². The van der Waals surface area contributed by atoms with Crippen LogP contribution < -0.4 is 5.32 Å². The molecule has 4 aliphatic carbocycles. The third kappa shape index (κ3) is 2.58. The van der Waals surface area contributed by atoms with E-state index in [0.29, 0.717) is 37.0 Å². The number of hydrogen-bond acceptors (Lipinski definition) is 3. The Hall–Kier alpha value is -1.27. The first-order valence-corrected chi connectivity index (χ1v) is 7.69. The molecule has 1 atom stereocenters. The zero-order valence-corrected chi connectivity index (χ0v) is 12.4. The van der Waals surface area contributed by atoms with Gasteiger partial charge in [-0.1, -0.05) is 0 Å². The lowest BCUT2D eigenvalue weighted by molar-refractivity contribution is -0.180. The van der Waals surface area contributed by atoms with Crippen LogP contribution in [0.2, 0.25) is 0 Å². The molecule has 124 valence electrons. The van der Waals surface area contributed by atoms with Gasteiger partial charge in [0.05, 0.1) is 7.11 Å². The highest BCUT2D eigenvalue weighted by Crippen LogP contribution is 2.61. The number of halogens is 3. The van der Waals surface area contributed by atoms with E-state index >= 15 is 0 Å². The van der Waals surface area contributed by atoms with Crippen LogP contribution in [0.15, 0.2) is 0 Å². The Bertz CT molecular complexity index is 454. The maximum Gasteiger partial charge on any atom is 0.471 e. The van der Waals surface area contributed by atoms with Crippen LogP contribution in [0.4, 0.5) is 13.2 Å². The molecule has 4 saturated carbocycles. The Morgan fingerprint density at radius 1 is 1.09 bits per heavy atom. The fraction of sp³-hybridized carbons (Fsp3) is 0.867. The highest BCUT2D eigenvalue weighted by molar-refractivity contribution is 5.88. The van der Waals surface area contributed by atoms with Gasteiger partial charge in [0.1, 0.15) is 6.04 Å². The van der Waals surface area contributed by atoms with E-state index in [2.05, 4.69) is 0 Å². The van der Waals surface area contributed by atoms with Crippen molar-refractivity contribution in [3.63, 3.8) is 0 Å². The molecule has 7 heteroatoms. The smallest absolute Gasteiger partial charge is 0.467 e. The van der Waals surface area contributed by atoms with E-state index in [9.17, 15) is 22.8 Å². The van der Waals surface area contributed by atoms with E-state index < -0.39 is 29.5 Å². The first-order valence-electron chi connectivity index (χ1n) is 7.69. The molecule has 0 saturated heterocycles. The molecule has 4 rings (SSSR count). The Morgan fingerprint density at radius 2 is 1.55 bits per heavy atom. The molecule has 0 aromatic heterocycles. The van der Waals surface area contributed by atoms with Gasteiger partial charge >= 0.3 is 18.1 Å². The lowest BCUT2D eigenvalue weighted by Crippen LogP contribution is -2.61. The summed E-state index contributed by atoms with van der Waals surface area (Å²) in [6.45, 7) is 0. The second-order valence-electron chi connectivity index (χ2n) is 7.21. The Kier molecular flexibility index (Phi) is 3.64. The maximum absolute atomic E-state index is 12.6. The number of ether oxygens (including phenoxy) is 1. The van der Waals surface area contributed by atoms with Crippen molar-refractivity contribution in [1.29, 1.82) is 0 Å². The number of carbonyl (C=O) groups is 2. The molecule has 0 aliphatic heterocycles. The summed E-state index contributed by atoms with van der Waals surface area (Å²) < 4.78 is 42.4. The maximum atomic E-state index is 12.6. The number of amides is 1. The zero-order valence-electron chi connectivity index (χ0n) is 12.4. The van der Waals surface area contributed by atoms with Crippen LogP contribution in [0.25, 0.3) is 0 Å². The molecule has 4 fully saturated rings. The van der Waals surface area contributed by atoms with Gasteiger partial charge in [0.25, 0.3) is 0 Å². The van der Waals surface area contributed by atoms with Gasteiger partial charge in [-0.05, 0) is 56.3 Å². The molecule has 0 spiro atoms. The minimum Gasteiger partial charge on any atom is -0.467 e. The summed E-state index contributed by atoms with van der Waals surface area (Å²) in [5.41, 5.74) is -0.567. The van der Waals surface area contributed by atoms with Gasteiger partial charge in [0.15, 0.2) is 0 Å². The molecular formula is C15H20F3NO3. The molecule has 0 aromatic rings.